The molecule has 2 atom stereocenters. The van der Waals surface area contributed by atoms with Crippen LogP contribution in [-0.2, 0) is 4.79 Å². The van der Waals surface area contributed by atoms with Gasteiger partial charge < -0.3 is 20.7 Å². The van der Waals surface area contributed by atoms with Crippen molar-refractivity contribution in [2.75, 3.05) is 32.6 Å². The van der Waals surface area contributed by atoms with Gasteiger partial charge in [0.25, 0.3) is 0 Å². The normalized spacial score (nSPS) is 21.2. The lowest BCUT2D eigenvalue weighted by molar-refractivity contribution is -0.117. The molecule has 23 heavy (non-hydrogen) atoms. The Morgan fingerprint density at radius 3 is 2.61 bits per heavy atom. The highest BCUT2D eigenvalue weighted by Crippen LogP contribution is 2.26. The van der Waals surface area contributed by atoms with E-state index in [0.29, 0.717) is 18.9 Å². The summed E-state index contributed by atoms with van der Waals surface area (Å²) in [6, 6.07) is 7.70. The highest BCUT2D eigenvalue weighted by molar-refractivity contribution is 5.90. The van der Waals surface area contributed by atoms with Gasteiger partial charge in [-0.1, -0.05) is 12.8 Å². The molecular formula is C18H29N3O2. The molecule has 0 saturated heterocycles. The summed E-state index contributed by atoms with van der Waals surface area (Å²) in [6.45, 7) is 1.53. The number of anilines is 1. The lowest BCUT2D eigenvalue weighted by atomic mass is 9.83. The minimum absolute atomic E-state index is 0.0497. The Kier molecular flexibility index (Phi) is 6.86. The molecule has 2 rings (SSSR count). The maximum Gasteiger partial charge on any atom is 0.224 e. The number of nitrogens with two attached hydrogens (primary N) is 1. The van der Waals surface area contributed by atoms with Crippen molar-refractivity contribution in [1.82, 2.24) is 4.90 Å². The molecule has 0 bridgehead atoms. The molecule has 3 N–H and O–H groups in total. The molecular weight excluding hydrogens is 290 g/mol. The van der Waals surface area contributed by atoms with E-state index in [0.717, 1.165) is 30.8 Å². The molecule has 1 aliphatic rings. The molecule has 0 heterocycles. The number of likely N-dealkylation sites (N-methyl/N-ethyl adjacent to an activating group) is 1. The van der Waals surface area contributed by atoms with Crippen LogP contribution in [0.5, 0.6) is 5.75 Å². The molecule has 1 aliphatic carbocycles. The molecule has 0 spiro atoms. The molecule has 0 aromatic heterocycles. The van der Waals surface area contributed by atoms with Gasteiger partial charge in [0, 0.05) is 24.7 Å². The predicted molar refractivity (Wildman–Crippen MR) is 93.7 cm³/mol. The van der Waals surface area contributed by atoms with E-state index in [1.54, 1.807) is 0 Å². The third kappa shape index (κ3) is 6.20. The summed E-state index contributed by atoms with van der Waals surface area (Å²) >= 11 is 0. The zero-order chi connectivity index (χ0) is 16.7. The molecule has 5 nitrogen and oxygen atoms in total. The van der Waals surface area contributed by atoms with Gasteiger partial charge in [-0.2, -0.15) is 0 Å². The van der Waals surface area contributed by atoms with E-state index in [1.807, 2.05) is 38.4 Å². The van der Waals surface area contributed by atoms with Crippen LogP contribution in [0.1, 0.15) is 32.1 Å². The Balaban J connectivity index is 1.77. The van der Waals surface area contributed by atoms with E-state index < -0.39 is 0 Å². The highest BCUT2D eigenvalue weighted by atomic mass is 16.5. The van der Waals surface area contributed by atoms with Crippen molar-refractivity contribution >= 4 is 11.6 Å². The van der Waals surface area contributed by atoms with Crippen LogP contribution in [0.2, 0.25) is 0 Å². The molecule has 0 radical (unpaired) electrons. The van der Waals surface area contributed by atoms with Crippen LogP contribution in [-0.4, -0.2) is 44.1 Å². The first-order valence-electron chi connectivity index (χ1n) is 8.47. The van der Waals surface area contributed by atoms with Crippen molar-refractivity contribution in [3.05, 3.63) is 24.3 Å². The average molecular weight is 319 g/mol. The second-order valence-electron chi connectivity index (χ2n) is 6.64. The largest absolute Gasteiger partial charge is 0.492 e. The lowest BCUT2D eigenvalue weighted by Crippen LogP contribution is -2.35. The van der Waals surface area contributed by atoms with E-state index in [9.17, 15) is 4.79 Å². The van der Waals surface area contributed by atoms with Gasteiger partial charge >= 0.3 is 0 Å². The number of hydrogen-bond acceptors (Lipinski definition) is 4. The summed E-state index contributed by atoms with van der Waals surface area (Å²) in [6.07, 6.45) is 4.99. The number of rotatable bonds is 7. The van der Waals surface area contributed by atoms with Gasteiger partial charge in [-0.15, -0.1) is 0 Å². The maximum atomic E-state index is 12.2. The monoisotopic (exact) mass is 319 g/mol. The maximum absolute atomic E-state index is 12.2. The van der Waals surface area contributed by atoms with E-state index in [2.05, 4.69) is 10.2 Å². The van der Waals surface area contributed by atoms with Crippen molar-refractivity contribution in [3.8, 4) is 5.75 Å². The molecule has 1 amide bonds. The van der Waals surface area contributed by atoms with Crippen molar-refractivity contribution in [1.29, 1.82) is 0 Å². The molecule has 128 valence electrons. The van der Waals surface area contributed by atoms with Crippen LogP contribution >= 0.6 is 0 Å². The summed E-state index contributed by atoms with van der Waals surface area (Å²) in [5.74, 6) is 1.19. The second kappa shape index (κ2) is 8.89. The Labute approximate surface area is 139 Å². The predicted octanol–water partition coefficient (Wildman–Crippen LogP) is 2.47. The Bertz CT molecular complexity index is 488. The van der Waals surface area contributed by atoms with Gasteiger partial charge in [0.15, 0.2) is 0 Å². The summed E-state index contributed by atoms with van der Waals surface area (Å²) in [7, 11) is 4.03. The first-order valence-corrected chi connectivity index (χ1v) is 8.47. The fourth-order valence-electron chi connectivity index (χ4n) is 2.92. The number of nitrogens with zero attached hydrogens (tertiary/aromatic N) is 1. The van der Waals surface area contributed by atoms with Crippen molar-refractivity contribution in [2.45, 2.75) is 38.1 Å². The van der Waals surface area contributed by atoms with Crippen LogP contribution < -0.4 is 15.8 Å². The summed E-state index contributed by atoms with van der Waals surface area (Å²) in [5.41, 5.74) is 6.91. The number of hydrogen-bond donors (Lipinski definition) is 2. The van der Waals surface area contributed by atoms with E-state index >= 15 is 0 Å². The quantitative estimate of drug-likeness (QED) is 0.810. The van der Waals surface area contributed by atoms with Gasteiger partial charge in [-0.05, 0) is 57.1 Å². The topological polar surface area (TPSA) is 67.6 Å². The third-order valence-electron chi connectivity index (χ3n) is 4.36. The van der Waals surface area contributed by atoms with Crippen LogP contribution in [0.3, 0.4) is 0 Å². The summed E-state index contributed by atoms with van der Waals surface area (Å²) in [4.78, 5) is 14.2. The van der Waals surface area contributed by atoms with E-state index in [4.69, 9.17) is 10.5 Å². The number of benzene rings is 1. The van der Waals surface area contributed by atoms with Crippen LogP contribution in [0.25, 0.3) is 0 Å². The standard InChI is InChI=1S/C18H29N3O2/c1-21(2)11-12-23-16-9-7-15(8-10-16)20-18(22)13-14-5-3-4-6-17(14)19/h7-10,14,17H,3-6,11-13,19H2,1-2H3,(H,20,22). The minimum atomic E-state index is 0.0497. The van der Waals surface area contributed by atoms with Crippen molar-refractivity contribution < 1.29 is 9.53 Å². The fourth-order valence-corrected chi connectivity index (χ4v) is 2.92. The summed E-state index contributed by atoms with van der Waals surface area (Å²) in [5, 5.41) is 2.95. The Morgan fingerprint density at radius 2 is 1.96 bits per heavy atom. The number of carbonyl (C=O) groups excluding carboxylic acids is 1. The van der Waals surface area contributed by atoms with Crippen LogP contribution in [0.15, 0.2) is 24.3 Å². The van der Waals surface area contributed by atoms with Crippen LogP contribution in [0, 0.1) is 5.92 Å². The number of nitrogens with one attached hydrogen (secondary N) is 1. The van der Waals surface area contributed by atoms with Crippen molar-refractivity contribution in [2.24, 2.45) is 11.7 Å². The smallest absolute Gasteiger partial charge is 0.224 e. The molecule has 2 unspecified atom stereocenters. The minimum Gasteiger partial charge on any atom is -0.492 e. The van der Waals surface area contributed by atoms with Gasteiger partial charge in [-0.3, -0.25) is 4.79 Å². The highest BCUT2D eigenvalue weighted by Gasteiger charge is 2.24. The second-order valence-corrected chi connectivity index (χ2v) is 6.64. The van der Waals surface area contributed by atoms with Gasteiger partial charge in [0.05, 0.1) is 0 Å². The molecule has 1 aromatic carbocycles. The molecule has 0 aliphatic heterocycles. The Hall–Kier alpha value is -1.59. The van der Waals surface area contributed by atoms with Gasteiger partial charge in [0.1, 0.15) is 12.4 Å². The molecule has 1 saturated carbocycles. The number of ether oxygens (including phenoxy) is 1. The zero-order valence-corrected chi connectivity index (χ0v) is 14.3. The SMILES string of the molecule is CN(C)CCOc1ccc(NC(=O)CC2CCCCC2N)cc1. The van der Waals surface area contributed by atoms with Gasteiger partial charge in [-0.25, -0.2) is 0 Å². The van der Waals surface area contributed by atoms with Crippen molar-refractivity contribution in [3.63, 3.8) is 0 Å². The molecule has 5 heteroatoms. The molecule has 1 aromatic rings. The van der Waals surface area contributed by atoms with E-state index in [-0.39, 0.29) is 11.9 Å². The Morgan fingerprint density at radius 1 is 1.26 bits per heavy atom. The third-order valence-corrected chi connectivity index (χ3v) is 4.36. The first-order chi connectivity index (χ1) is 11.0. The fraction of sp³-hybridized carbons (Fsp3) is 0.611. The van der Waals surface area contributed by atoms with E-state index in [1.165, 1.54) is 12.8 Å². The molecule has 1 fully saturated rings. The van der Waals surface area contributed by atoms with Gasteiger partial charge in [0.2, 0.25) is 5.91 Å². The zero-order valence-electron chi connectivity index (χ0n) is 14.3. The summed E-state index contributed by atoms with van der Waals surface area (Å²) < 4.78 is 5.64. The first kappa shape index (κ1) is 17.8. The van der Waals surface area contributed by atoms with Crippen LogP contribution in [0.4, 0.5) is 5.69 Å². The number of amides is 1. The number of carbonyl (C=O) groups is 1. The average Bonchev–Trinajstić information content (AvgIpc) is 2.51. The lowest BCUT2D eigenvalue weighted by Gasteiger charge is -2.27.